The van der Waals surface area contributed by atoms with E-state index in [0.717, 1.165) is 22.1 Å². The van der Waals surface area contributed by atoms with Crippen LogP contribution in [0.5, 0.6) is 5.75 Å². The molecule has 1 aromatic heterocycles. The van der Waals surface area contributed by atoms with Gasteiger partial charge in [0.25, 0.3) is 0 Å². The van der Waals surface area contributed by atoms with E-state index in [0.29, 0.717) is 10.8 Å². The third kappa shape index (κ3) is 3.49. The minimum absolute atomic E-state index is 0.113. The Hall–Kier alpha value is -2.59. The van der Waals surface area contributed by atoms with Crippen LogP contribution in [-0.4, -0.2) is 18.0 Å². The van der Waals surface area contributed by atoms with E-state index in [9.17, 15) is 4.79 Å². The molecular weight excluding hydrogens is 324 g/mol. The number of halogens is 1. The van der Waals surface area contributed by atoms with Gasteiger partial charge in [0.1, 0.15) is 11.6 Å². The third-order valence-electron chi connectivity index (χ3n) is 3.94. The SMILES string of the molecule is COc1ccc2cc([C@H](C)C(=O)Nc3ccc(Cl)cn3)ccc2c1. The summed E-state index contributed by atoms with van der Waals surface area (Å²) >= 11 is 5.80. The van der Waals surface area contributed by atoms with Crippen LogP contribution >= 0.6 is 11.6 Å². The van der Waals surface area contributed by atoms with E-state index in [2.05, 4.69) is 10.3 Å². The molecule has 2 aromatic carbocycles. The van der Waals surface area contributed by atoms with Crippen molar-refractivity contribution in [3.05, 3.63) is 65.3 Å². The number of carbonyl (C=O) groups excluding carboxylic acids is 1. The van der Waals surface area contributed by atoms with Gasteiger partial charge in [-0.2, -0.15) is 0 Å². The molecule has 3 rings (SSSR count). The van der Waals surface area contributed by atoms with Gasteiger partial charge in [-0.3, -0.25) is 4.79 Å². The van der Waals surface area contributed by atoms with Crippen molar-refractivity contribution in [2.45, 2.75) is 12.8 Å². The molecule has 1 N–H and O–H groups in total. The Kier molecular flexibility index (Phi) is 4.67. The third-order valence-corrected chi connectivity index (χ3v) is 4.17. The number of carbonyl (C=O) groups is 1. The second kappa shape index (κ2) is 6.89. The summed E-state index contributed by atoms with van der Waals surface area (Å²) in [6.07, 6.45) is 1.51. The summed E-state index contributed by atoms with van der Waals surface area (Å²) in [6, 6.07) is 15.2. The van der Waals surface area contributed by atoms with Gasteiger partial charge < -0.3 is 10.1 Å². The van der Waals surface area contributed by atoms with Crippen LogP contribution < -0.4 is 10.1 Å². The van der Waals surface area contributed by atoms with E-state index in [1.807, 2.05) is 43.3 Å². The number of methoxy groups -OCH3 is 1. The molecule has 0 saturated carbocycles. The Morgan fingerprint density at radius 2 is 1.88 bits per heavy atom. The fourth-order valence-electron chi connectivity index (χ4n) is 2.47. The lowest BCUT2D eigenvalue weighted by Crippen LogP contribution is -2.19. The monoisotopic (exact) mass is 340 g/mol. The Bertz CT molecular complexity index is 878. The molecule has 0 aliphatic carbocycles. The first kappa shape index (κ1) is 16.3. The Balaban J connectivity index is 1.80. The van der Waals surface area contributed by atoms with Crippen LogP contribution in [0.2, 0.25) is 5.02 Å². The van der Waals surface area contributed by atoms with E-state index < -0.39 is 0 Å². The van der Waals surface area contributed by atoms with Crippen molar-refractivity contribution in [2.24, 2.45) is 0 Å². The number of nitrogens with one attached hydrogen (secondary N) is 1. The van der Waals surface area contributed by atoms with Crippen LogP contribution in [0, 0.1) is 0 Å². The van der Waals surface area contributed by atoms with Gasteiger partial charge in [0, 0.05) is 6.20 Å². The molecule has 0 spiro atoms. The van der Waals surface area contributed by atoms with Crippen LogP contribution in [-0.2, 0) is 4.79 Å². The van der Waals surface area contributed by atoms with Crippen molar-refractivity contribution in [3.63, 3.8) is 0 Å². The number of amides is 1. The molecule has 1 heterocycles. The molecule has 0 aliphatic rings. The van der Waals surface area contributed by atoms with Gasteiger partial charge in [-0.15, -0.1) is 0 Å². The summed E-state index contributed by atoms with van der Waals surface area (Å²) < 4.78 is 5.23. The van der Waals surface area contributed by atoms with Crippen LogP contribution in [0.1, 0.15) is 18.4 Å². The van der Waals surface area contributed by atoms with Crippen LogP contribution in [0.4, 0.5) is 5.82 Å². The summed E-state index contributed by atoms with van der Waals surface area (Å²) in [6.45, 7) is 1.87. The predicted octanol–water partition coefficient (Wildman–Crippen LogP) is 4.64. The summed E-state index contributed by atoms with van der Waals surface area (Å²) in [5.41, 5.74) is 0.944. The Morgan fingerprint density at radius 3 is 2.58 bits per heavy atom. The molecule has 24 heavy (non-hydrogen) atoms. The minimum Gasteiger partial charge on any atom is -0.497 e. The lowest BCUT2D eigenvalue weighted by atomic mass is 9.97. The number of nitrogens with zero attached hydrogens (tertiary/aromatic N) is 1. The van der Waals surface area contributed by atoms with Gasteiger partial charge in [0.15, 0.2) is 0 Å². The first-order valence-corrected chi connectivity index (χ1v) is 7.95. The molecule has 0 fully saturated rings. The second-order valence-corrected chi connectivity index (χ2v) is 5.98. The number of ether oxygens (including phenoxy) is 1. The highest BCUT2D eigenvalue weighted by atomic mass is 35.5. The highest BCUT2D eigenvalue weighted by molar-refractivity contribution is 6.30. The van der Waals surface area contributed by atoms with Gasteiger partial charge in [-0.25, -0.2) is 4.98 Å². The average Bonchev–Trinajstić information content (AvgIpc) is 2.62. The maximum Gasteiger partial charge on any atom is 0.232 e. The molecule has 0 unspecified atom stereocenters. The summed E-state index contributed by atoms with van der Waals surface area (Å²) in [5, 5.41) is 5.48. The molecule has 0 aliphatic heterocycles. The zero-order chi connectivity index (χ0) is 17.1. The standard InChI is InChI=1S/C19H17ClN2O2/c1-12(19(23)22-18-8-6-16(20)11-21-18)13-3-4-15-10-17(24-2)7-5-14(15)9-13/h3-12H,1-2H3,(H,21,22,23)/t12-/m0/s1. The Morgan fingerprint density at radius 1 is 1.12 bits per heavy atom. The summed E-state index contributed by atoms with van der Waals surface area (Å²) in [5.74, 6) is 0.892. The highest BCUT2D eigenvalue weighted by Gasteiger charge is 2.16. The maximum atomic E-state index is 12.4. The molecule has 5 heteroatoms. The minimum atomic E-state index is -0.297. The van der Waals surface area contributed by atoms with Crippen molar-refractivity contribution < 1.29 is 9.53 Å². The number of hydrogen-bond acceptors (Lipinski definition) is 3. The molecule has 4 nitrogen and oxygen atoms in total. The second-order valence-electron chi connectivity index (χ2n) is 5.55. The van der Waals surface area contributed by atoms with E-state index in [-0.39, 0.29) is 11.8 Å². The van der Waals surface area contributed by atoms with E-state index in [4.69, 9.17) is 16.3 Å². The quantitative estimate of drug-likeness (QED) is 0.752. The number of rotatable bonds is 4. The predicted molar refractivity (Wildman–Crippen MR) is 96.8 cm³/mol. The van der Waals surface area contributed by atoms with Crippen LogP contribution in [0.25, 0.3) is 10.8 Å². The van der Waals surface area contributed by atoms with Crippen LogP contribution in [0.3, 0.4) is 0 Å². The average molecular weight is 341 g/mol. The largest absolute Gasteiger partial charge is 0.497 e. The fraction of sp³-hybridized carbons (Fsp3) is 0.158. The molecule has 1 amide bonds. The molecule has 1 atom stereocenters. The lowest BCUT2D eigenvalue weighted by molar-refractivity contribution is -0.117. The molecule has 0 bridgehead atoms. The van der Waals surface area contributed by atoms with Crippen LogP contribution in [0.15, 0.2) is 54.7 Å². The summed E-state index contributed by atoms with van der Waals surface area (Å²) in [7, 11) is 1.65. The van der Waals surface area contributed by atoms with Crippen molar-refractivity contribution in [2.75, 3.05) is 12.4 Å². The van der Waals surface area contributed by atoms with Gasteiger partial charge in [-0.05, 0) is 47.5 Å². The van der Waals surface area contributed by atoms with Crippen molar-refractivity contribution in [3.8, 4) is 5.75 Å². The topological polar surface area (TPSA) is 51.2 Å². The van der Waals surface area contributed by atoms with E-state index in [1.54, 1.807) is 19.2 Å². The van der Waals surface area contributed by atoms with Crippen molar-refractivity contribution in [1.29, 1.82) is 0 Å². The van der Waals surface area contributed by atoms with Gasteiger partial charge in [0.2, 0.25) is 5.91 Å². The normalized spacial score (nSPS) is 12.0. The zero-order valence-corrected chi connectivity index (χ0v) is 14.2. The molecule has 122 valence electrons. The number of aromatic nitrogens is 1. The number of hydrogen-bond donors (Lipinski definition) is 1. The first-order valence-electron chi connectivity index (χ1n) is 7.57. The van der Waals surface area contributed by atoms with Gasteiger partial charge in [-0.1, -0.05) is 35.9 Å². The molecule has 3 aromatic rings. The maximum absolute atomic E-state index is 12.4. The lowest BCUT2D eigenvalue weighted by Gasteiger charge is -2.13. The smallest absolute Gasteiger partial charge is 0.232 e. The number of fused-ring (bicyclic) bond motifs is 1. The molecule has 0 radical (unpaired) electrons. The zero-order valence-electron chi connectivity index (χ0n) is 13.4. The fourth-order valence-corrected chi connectivity index (χ4v) is 2.59. The Labute approximate surface area is 145 Å². The number of benzene rings is 2. The number of anilines is 1. The number of pyridine rings is 1. The highest BCUT2D eigenvalue weighted by Crippen LogP contribution is 2.25. The van der Waals surface area contributed by atoms with Gasteiger partial charge in [0.05, 0.1) is 18.1 Å². The molecule has 0 saturated heterocycles. The van der Waals surface area contributed by atoms with Crippen molar-refractivity contribution in [1.82, 2.24) is 4.98 Å². The van der Waals surface area contributed by atoms with Gasteiger partial charge >= 0.3 is 0 Å². The van der Waals surface area contributed by atoms with E-state index >= 15 is 0 Å². The molecular formula is C19H17ClN2O2. The van der Waals surface area contributed by atoms with Crippen molar-refractivity contribution >= 4 is 34.1 Å². The first-order chi connectivity index (χ1) is 11.6. The summed E-state index contributed by atoms with van der Waals surface area (Å²) in [4.78, 5) is 16.5. The van der Waals surface area contributed by atoms with E-state index in [1.165, 1.54) is 6.20 Å².